The highest BCUT2D eigenvalue weighted by molar-refractivity contribution is 7.97. The van der Waals surface area contributed by atoms with Gasteiger partial charge in [0, 0.05) is 44.4 Å². The second-order valence-corrected chi connectivity index (χ2v) is 6.35. The molecule has 4 nitrogen and oxygen atoms in total. The van der Waals surface area contributed by atoms with Crippen molar-refractivity contribution in [2.24, 2.45) is 0 Å². The fraction of sp³-hybridized carbons (Fsp3) is 0.917. The van der Waals surface area contributed by atoms with Crippen LogP contribution in [-0.4, -0.2) is 47.7 Å². The molecule has 1 saturated heterocycles. The SMILES string of the molecule is CC(=O)NC1CCC(SN2CCNCC2)CC1. The van der Waals surface area contributed by atoms with E-state index in [0.29, 0.717) is 6.04 Å². The minimum Gasteiger partial charge on any atom is -0.354 e. The van der Waals surface area contributed by atoms with E-state index in [1.165, 1.54) is 12.8 Å². The maximum atomic E-state index is 11.0. The Labute approximate surface area is 108 Å². The second-order valence-electron chi connectivity index (χ2n) is 4.96. The van der Waals surface area contributed by atoms with Gasteiger partial charge in [0.15, 0.2) is 0 Å². The van der Waals surface area contributed by atoms with E-state index in [0.717, 1.165) is 44.3 Å². The number of carbonyl (C=O) groups is 1. The number of nitrogens with zero attached hydrogens (tertiary/aromatic N) is 1. The highest BCUT2D eigenvalue weighted by atomic mass is 32.2. The van der Waals surface area contributed by atoms with E-state index in [4.69, 9.17) is 0 Å². The molecule has 2 N–H and O–H groups in total. The number of piperazine rings is 1. The molecule has 1 amide bonds. The van der Waals surface area contributed by atoms with E-state index in [-0.39, 0.29) is 5.91 Å². The summed E-state index contributed by atoms with van der Waals surface area (Å²) in [6.45, 7) is 6.18. The monoisotopic (exact) mass is 257 g/mol. The van der Waals surface area contributed by atoms with Gasteiger partial charge in [0.25, 0.3) is 0 Å². The molecular formula is C12H23N3OS. The minimum atomic E-state index is 0.114. The van der Waals surface area contributed by atoms with Crippen molar-refractivity contribution in [3.63, 3.8) is 0 Å². The fourth-order valence-corrected chi connectivity index (χ4v) is 3.86. The van der Waals surface area contributed by atoms with Crippen LogP contribution < -0.4 is 10.6 Å². The average Bonchev–Trinajstić information content (AvgIpc) is 2.32. The van der Waals surface area contributed by atoms with Gasteiger partial charge in [-0.05, 0) is 25.7 Å². The van der Waals surface area contributed by atoms with Crippen LogP contribution in [0, 0.1) is 0 Å². The number of carbonyl (C=O) groups excluding carboxylic acids is 1. The molecule has 5 heteroatoms. The van der Waals surface area contributed by atoms with Crippen molar-refractivity contribution < 1.29 is 4.79 Å². The van der Waals surface area contributed by atoms with Crippen molar-refractivity contribution in [1.82, 2.24) is 14.9 Å². The molecule has 1 aliphatic heterocycles. The van der Waals surface area contributed by atoms with Gasteiger partial charge >= 0.3 is 0 Å². The highest BCUT2D eigenvalue weighted by Gasteiger charge is 2.24. The molecule has 0 atom stereocenters. The lowest BCUT2D eigenvalue weighted by Crippen LogP contribution is -2.42. The van der Waals surface area contributed by atoms with E-state index >= 15 is 0 Å². The summed E-state index contributed by atoms with van der Waals surface area (Å²) in [5, 5.41) is 7.17. The van der Waals surface area contributed by atoms with Gasteiger partial charge in [0.1, 0.15) is 0 Å². The highest BCUT2D eigenvalue weighted by Crippen LogP contribution is 2.30. The van der Waals surface area contributed by atoms with Gasteiger partial charge in [-0.2, -0.15) is 0 Å². The van der Waals surface area contributed by atoms with Crippen molar-refractivity contribution in [3.8, 4) is 0 Å². The van der Waals surface area contributed by atoms with Gasteiger partial charge in [-0.3, -0.25) is 4.79 Å². The summed E-state index contributed by atoms with van der Waals surface area (Å²) >= 11 is 2.04. The van der Waals surface area contributed by atoms with Gasteiger partial charge < -0.3 is 10.6 Å². The summed E-state index contributed by atoms with van der Waals surface area (Å²) in [6, 6.07) is 0.423. The molecule has 0 radical (unpaired) electrons. The summed E-state index contributed by atoms with van der Waals surface area (Å²) in [6.07, 6.45) is 4.76. The Hall–Kier alpha value is -0.260. The first-order valence-electron chi connectivity index (χ1n) is 6.63. The summed E-state index contributed by atoms with van der Waals surface area (Å²) < 4.78 is 2.50. The Morgan fingerprint density at radius 2 is 1.88 bits per heavy atom. The zero-order valence-corrected chi connectivity index (χ0v) is 11.4. The van der Waals surface area contributed by atoms with Gasteiger partial charge in [-0.25, -0.2) is 4.31 Å². The van der Waals surface area contributed by atoms with E-state index in [9.17, 15) is 4.79 Å². The van der Waals surface area contributed by atoms with Crippen LogP contribution in [0.5, 0.6) is 0 Å². The van der Waals surface area contributed by atoms with E-state index in [1.54, 1.807) is 6.92 Å². The molecule has 1 heterocycles. The topological polar surface area (TPSA) is 44.4 Å². The summed E-state index contributed by atoms with van der Waals surface area (Å²) in [5.41, 5.74) is 0. The first-order valence-corrected chi connectivity index (χ1v) is 7.47. The van der Waals surface area contributed by atoms with Gasteiger partial charge in [-0.1, -0.05) is 11.9 Å². The van der Waals surface area contributed by atoms with E-state index < -0.39 is 0 Å². The molecule has 0 unspecified atom stereocenters. The smallest absolute Gasteiger partial charge is 0.217 e. The third-order valence-corrected chi connectivity index (χ3v) is 4.89. The standard InChI is InChI=1S/C12H23N3OS/c1-10(16)14-11-2-4-12(5-3-11)17-15-8-6-13-7-9-15/h11-13H,2-9H2,1H3,(H,14,16). The van der Waals surface area contributed by atoms with Crippen molar-refractivity contribution >= 4 is 17.9 Å². The summed E-state index contributed by atoms with van der Waals surface area (Å²) in [4.78, 5) is 11.0. The predicted octanol–water partition coefficient (Wildman–Crippen LogP) is 0.987. The lowest BCUT2D eigenvalue weighted by atomic mass is 9.95. The molecule has 0 aromatic carbocycles. The predicted molar refractivity (Wildman–Crippen MR) is 71.9 cm³/mol. The molecule has 2 fully saturated rings. The molecule has 1 aliphatic carbocycles. The van der Waals surface area contributed by atoms with Crippen LogP contribution in [0.3, 0.4) is 0 Å². The Bertz CT molecular complexity index is 248. The van der Waals surface area contributed by atoms with Crippen molar-refractivity contribution in [3.05, 3.63) is 0 Å². The zero-order chi connectivity index (χ0) is 12.1. The quantitative estimate of drug-likeness (QED) is 0.740. The molecule has 17 heavy (non-hydrogen) atoms. The summed E-state index contributed by atoms with van der Waals surface area (Å²) in [5.74, 6) is 0.114. The number of rotatable bonds is 3. The number of amides is 1. The largest absolute Gasteiger partial charge is 0.354 e. The van der Waals surface area contributed by atoms with Crippen LogP contribution in [0.2, 0.25) is 0 Å². The molecule has 0 aromatic rings. The van der Waals surface area contributed by atoms with E-state index in [1.807, 2.05) is 11.9 Å². The minimum absolute atomic E-state index is 0.114. The zero-order valence-electron chi connectivity index (χ0n) is 10.6. The van der Waals surface area contributed by atoms with Gasteiger partial charge in [0.05, 0.1) is 0 Å². The first-order chi connectivity index (χ1) is 8.24. The van der Waals surface area contributed by atoms with E-state index in [2.05, 4.69) is 14.9 Å². The molecule has 0 aromatic heterocycles. The third kappa shape index (κ3) is 4.48. The Morgan fingerprint density at radius 3 is 2.47 bits per heavy atom. The fourth-order valence-electron chi connectivity index (χ4n) is 2.56. The Morgan fingerprint density at radius 1 is 1.24 bits per heavy atom. The lowest BCUT2D eigenvalue weighted by molar-refractivity contribution is -0.119. The molecule has 1 saturated carbocycles. The first kappa shape index (κ1) is 13.2. The molecule has 0 bridgehead atoms. The second kappa shape index (κ2) is 6.61. The molecule has 2 aliphatic rings. The van der Waals surface area contributed by atoms with Crippen LogP contribution in [-0.2, 0) is 4.79 Å². The van der Waals surface area contributed by atoms with Crippen LogP contribution in [0.4, 0.5) is 0 Å². The van der Waals surface area contributed by atoms with Crippen LogP contribution >= 0.6 is 11.9 Å². The molecule has 0 spiro atoms. The van der Waals surface area contributed by atoms with Crippen LogP contribution in [0.1, 0.15) is 32.6 Å². The van der Waals surface area contributed by atoms with Gasteiger partial charge in [0.2, 0.25) is 5.91 Å². The van der Waals surface area contributed by atoms with Crippen molar-refractivity contribution in [1.29, 1.82) is 0 Å². The molecule has 2 rings (SSSR count). The molecule has 98 valence electrons. The summed E-state index contributed by atoms with van der Waals surface area (Å²) in [7, 11) is 0. The number of hydrogen-bond donors (Lipinski definition) is 2. The molecular weight excluding hydrogens is 234 g/mol. The lowest BCUT2D eigenvalue weighted by Gasteiger charge is -2.33. The van der Waals surface area contributed by atoms with Crippen LogP contribution in [0.15, 0.2) is 0 Å². The van der Waals surface area contributed by atoms with Gasteiger partial charge in [-0.15, -0.1) is 0 Å². The average molecular weight is 257 g/mol. The number of hydrogen-bond acceptors (Lipinski definition) is 4. The maximum Gasteiger partial charge on any atom is 0.217 e. The van der Waals surface area contributed by atoms with Crippen LogP contribution in [0.25, 0.3) is 0 Å². The normalized spacial score (nSPS) is 31.1. The van der Waals surface area contributed by atoms with Crippen molar-refractivity contribution in [2.45, 2.75) is 43.9 Å². The van der Waals surface area contributed by atoms with Crippen molar-refractivity contribution in [2.75, 3.05) is 26.2 Å². The Balaban J connectivity index is 1.66. The Kier molecular flexibility index (Phi) is 5.13. The number of nitrogens with one attached hydrogen (secondary N) is 2. The third-order valence-electron chi connectivity index (χ3n) is 3.46. The maximum absolute atomic E-state index is 11.0.